The van der Waals surface area contributed by atoms with E-state index in [1.807, 2.05) is 18.2 Å². The highest BCUT2D eigenvalue weighted by Gasteiger charge is 2.20. The zero-order valence-corrected chi connectivity index (χ0v) is 12.5. The maximum Gasteiger partial charge on any atom is 0.149 e. The molecule has 2 aromatic rings. The number of nitrogens with zero attached hydrogens (tertiary/aromatic N) is 2. The van der Waals surface area contributed by atoms with Crippen LogP contribution in [0.5, 0.6) is 0 Å². The SMILES string of the molecule is COCc1c(F)cncc1N1CCc2cc(Cl)ccc2C1. The van der Waals surface area contributed by atoms with Crippen LogP contribution in [0.2, 0.25) is 5.02 Å². The molecule has 0 atom stereocenters. The number of methoxy groups -OCH3 is 1. The molecule has 21 heavy (non-hydrogen) atoms. The van der Waals surface area contributed by atoms with Crippen molar-refractivity contribution in [1.82, 2.24) is 4.98 Å². The van der Waals surface area contributed by atoms with E-state index in [9.17, 15) is 4.39 Å². The molecule has 0 aliphatic carbocycles. The van der Waals surface area contributed by atoms with Crippen LogP contribution in [0, 0.1) is 5.82 Å². The summed E-state index contributed by atoms with van der Waals surface area (Å²) < 4.78 is 19.1. The number of anilines is 1. The summed E-state index contributed by atoms with van der Waals surface area (Å²) in [6, 6.07) is 5.93. The maximum atomic E-state index is 14.0. The lowest BCUT2D eigenvalue weighted by molar-refractivity contribution is 0.181. The van der Waals surface area contributed by atoms with Crippen molar-refractivity contribution < 1.29 is 9.13 Å². The third-order valence-corrected chi connectivity index (χ3v) is 4.03. The molecule has 3 rings (SSSR count). The van der Waals surface area contributed by atoms with Crippen LogP contribution >= 0.6 is 11.6 Å². The highest BCUT2D eigenvalue weighted by atomic mass is 35.5. The van der Waals surface area contributed by atoms with E-state index in [-0.39, 0.29) is 12.4 Å². The van der Waals surface area contributed by atoms with E-state index in [0.717, 1.165) is 30.2 Å². The molecule has 1 aromatic heterocycles. The van der Waals surface area contributed by atoms with Gasteiger partial charge in [0.05, 0.1) is 24.7 Å². The zero-order valence-electron chi connectivity index (χ0n) is 11.8. The Bertz CT molecular complexity index is 663. The fourth-order valence-corrected chi connectivity index (χ4v) is 2.93. The second-order valence-corrected chi connectivity index (χ2v) is 5.57. The van der Waals surface area contributed by atoms with Gasteiger partial charge in [-0.3, -0.25) is 4.98 Å². The summed E-state index contributed by atoms with van der Waals surface area (Å²) in [5.41, 5.74) is 3.84. The van der Waals surface area contributed by atoms with Crippen LogP contribution in [0.15, 0.2) is 30.6 Å². The van der Waals surface area contributed by atoms with Gasteiger partial charge in [-0.25, -0.2) is 4.39 Å². The van der Waals surface area contributed by atoms with Crippen molar-refractivity contribution in [3.8, 4) is 0 Å². The first-order valence-electron chi connectivity index (χ1n) is 6.82. The maximum absolute atomic E-state index is 14.0. The number of hydrogen-bond acceptors (Lipinski definition) is 3. The van der Waals surface area contributed by atoms with Gasteiger partial charge in [0.15, 0.2) is 0 Å². The summed E-state index contributed by atoms with van der Waals surface area (Å²) in [6.07, 6.45) is 3.83. The Hall–Kier alpha value is -1.65. The molecule has 1 aliphatic heterocycles. The molecule has 0 fully saturated rings. The lowest BCUT2D eigenvalue weighted by atomic mass is 9.99. The molecule has 1 aromatic carbocycles. The van der Waals surface area contributed by atoms with Gasteiger partial charge in [-0.15, -0.1) is 0 Å². The zero-order chi connectivity index (χ0) is 14.8. The fraction of sp³-hybridized carbons (Fsp3) is 0.312. The van der Waals surface area contributed by atoms with Gasteiger partial charge < -0.3 is 9.64 Å². The van der Waals surface area contributed by atoms with Gasteiger partial charge in [0.1, 0.15) is 5.82 Å². The van der Waals surface area contributed by atoms with Gasteiger partial charge in [0.2, 0.25) is 0 Å². The lowest BCUT2D eigenvalue weighted by Crippen LogP contribution is -2.31. The van der Waals surface area contributed by atoms with Crippen molar-refractivity contribution in [1.29, 1.82) is 0 Å². The molecule has 2 heterocycles. The second-order valence-electron chi connectivity index (χ2n) is 5.14. The number of rotatable bonds is 3. The predicted octanol–water partition coefficient (Wildman–Crippen LogP) is 3.58. The number of pyridine rings is 1. The van der Waals surface area contributed by atoms with Crippen LogP contribution in [0.3, 0.4) is 0 Å². The Morgan fingerprint density at radius 2 is 2.19 bits per heavy atom. The number of hydrogen-bond donors (Lipinski definition) is 0. The van der Waals surface area contributed by atoms with Crippen molar-refractivity contribution in [2.45, 2.75) is 19.6 Å². The Balaban J connectivity index is 1.93. The molecule has 0 amide bonds. The first-order valence-corrected chi connectivity index (χ1v) is 7.20. The molecule has 110 valence electrons. The van der Waals surface area contributed by atoms with Crippen molar-refractivity contribution >= 4 is 17.3 Å². The Morgan fingerprint density at radius 1 is 1.33 bits per heavy atom. The summed E-state index contributed by atoms with van der Waals surface area (Å²) in [5.74, 6) is -0.323. The van der Waals surface area contributed by atoms with Crippen molar-refractivity contribution in [2.24, 2.45) is 0 Å². The Morgan fingerprint density at radius 3 is 3.00 bits per heavy atom. The number of halogens is 2. The average molecular weight is 307 g/mol. The number of ether oxygens (including phenoxy) is 1. The molecule has 0 N–H and O–H groups in total. The molecule has 1 aliphatic rings. The van der Waals surface area contributed by atoms with Crippen molar-refractivity contribution in [2.75, 3.05) is 18.6 Å². The van der Waals surface area contributed by atoms with E-state index in [1.54, 1.807) is 13.3 Å². The molecule has 3 nitrogen and oxygen atoms in total. The molecule has 0 unspecified atom stereocenters. The normalized spacial score (nSPS) is 14.1. The smallest absolute Gasteiger partial charge is 0.149 e. The van der Waals surface area contributed by atoms with Gasteiger partial charge in [0.25, 0.3) is 0 Å². The third-order valence-electron chi connectivity index (χ3n) is 3.79. The first-order chi connectivity index (χ1) is 10.2. The average Bonchev–Trinajstić information content (AvgIpc) is 2.49. The minimum atomic E-state index is -0.323. The third kappa shape index (κ3) is 2.87. The van der Waals surface area contributed by atoms with Gasteiger partial charge in [-0.05, 0) is 29.7 Å². The van der Waals surface area contributed by atoms with Crippen molar-refractivity contribution in [3.63, 3.8) is 0 Å². The van der Waals surface area contributed by atoms with Crippen LogP contribution in [0.4, 0.5) is 10.1 Å². The van der Waals surface area contributed by atoms with Gasteiger partial charge in [0, 0.05) is 30.8 Å². The molecule has 0 saturated heterocycles. The van der Waals surface area contributed by atoms with Crippen LogP contribution in [-0.2, 0) is 24.3 Å². The first kappa shape index (κ1) is 14.3. The summed E-state index contributed by atoms with van der Waals surface area (Å²) in [4.78, 5) is 6.12. The minimum absolute atomic E-state index is 0.244. The lowest BCUT2D eigenvalue weighted by Gasteiger charge is -2.32. The van der Waals surface area contributed by atoms with Crippen molar-refractivity contribution in [3.05, 3.63) is 58.1 Å². The molecule has 0 radical (unpaired) electrons. The van der Waals surface area contributed by atoms with Crippen LogP contribution in [0.1, 0.15) is 16.7 Å². The molecule has 5 heteroatoms. The number of fused-ring (bicyclic) bond motifs is 1. The molecular formula is C16H16ClFN2O. The van der Waals surface area contributed by atoms with Crippen LogP contribution in [0.25, 0.3) is 0 Å². The predicted molar refractivity (Wildman–Crippen MR) is 81.1 cm³/mol. The summed E-state index contributed by atoms with van der Waals surface area (Å²) in [6.45, 7) is 1.79. The quantitative estimate of drug-likeness (QED) is 0.866. The van der Waals surface area contributed by atoms with E-state index in [4.69, 9.17) is 16.3 Å². The largest absolute Gasteiger partial charge is 0.380 e. The minimum Gasteiger partial charge on any atom is -0.380 e. The highest BCUT2D eigenvalue weighted by molar-refractivity contribution is 6.30. The van der Waals surface area contributed by atoms with Gasteiger partial charge >= 0.3 is 0 Å². The summed E-state index contributed by atoms with van der Waals surface area (Å²) >= 11 is 6.03. The summed E-state index contributed by atoms with van der Waals surface area (Å²) in [5, 5.41) is 0.759. The van der Waals surface area contributed by atoms with E-state index >= 15 is 0 Å². The van der Waals surface area contributed by atoms with Gasteiger partial charge in [-0.2, -0.15) is 0 Å². The van der Waals surface area contributed by atoms with Crippen LogP contribution in [-0.4, -0.2) is 18.6 Å². The Labute approximate surface area is 128 Å². The van der Waals surface area contributed by atoms with Crippen LogP contribution < -0.4 is 4.90 Å². The number of benzene rings is 1. The monoisotopic (exact) mass is 306 g/mol. The van der Waals surface area contributed by atoms with E-state index in [0.29, 0.717) is 5.56 Å². The standard InChI is InChI=1S/C16H16ClFN2O/c1-21-10-14-15(18)7-19-8-16(14)20-5-4-11-6-13(17)3-2-12(11)9-20/h2-3,6-8H,4-5,9-10H2,1H3. The molecule has 0 saturated carbocycles. The summed E-state index contributed by atoms with van der Waals surface area (Å²) in [7, 11) is 1.57. The molecule has 0 spiro atoms. The van der Waals surface area contributed by atoms with E-state index < -0.39 is 0 Å². The van der Waals surface area contributed by atoms with E-state index in [1.165, 1.54) is 17.3 Å². The Kier molecular flexibility index (Phi) is 4.08. The fourth-order valence-electron chi connectivity index (χ4n) is 2.74. The van der Waals surface area contributed by atoms with E-state index in [2.05, 4.69) is 9.88 Å². The topological polar surface area (TPSA) is 25.4 Å². The molecule has 0 bridgehead atoms. The number of aromatic nitrogens is 1. The molecular weight excluding hydrogens is 291 g/mol. The van der Waals surface area contributed by atoms with Gasteiger partial charge in [-0.1, -0.05) is 17.7 Å². The second kappa shape index (κ2) is 6.00. The highest BCUT2D eigenvalue weighted by Crippen LogP contribution is 2.29.